The lowest BCUT2D eigenvalue weighted by atomic mass is 10.1. The van der Waals surface area contributed by atoms with E-state index in [4.69, 9.17) is 0 Å². The first-order chi connectivity index (χ1) is 15.6. The van der Waals surface area contributed by atoms with Crippen LogP contribution in [-0.4, -0.2) is 27.7 Å². The molecule has 0 unspecified atom stereocenters. The number of benzene rings is 1. The van der Waals surface area contributed by atoms with Crippen LogP contribution in [0.3, 0.4) is 0 Å². The molecular weight excluding hydrogens is 400 g/mol. The second-order valence-corrected chi connectivity index (χ2v) is 8.29. The van der Waals surface area contributed by atoms with Gasteiger partial charge < -0.3 is 20.3 Å². The SMILES string of the molecule is CCn1c(C)cc(=O)c(O)c1CNCCCCCCCCNc1ccnc2ccccc12. The molecule has 0 saturated carbocycles. The van der Waals surface area contributed by atoms with Crippen LogP contribution in [-0.2, 0) is 13.1 Å². The molecule has 0 bridgehead atoms. The van der Waals surface area contributed by atoms with Crippen LogP contribution >= 0.6 is 0 Å². The number of hydrogen-bond donors (Lipinski definition) is 3. The van der Waals surface area contributed by atoms with Crippen LogP contribution in [0.1, 0.15) is 56.8 Å². The van der Waals surface area contributed by atoms with Gasteiger partial charge in [0.15, 0.2) is 5.75 Å². The molecule has 0 aliphatic carbocycles. The van der Waals surface area contributed by atoms with Crippen LogP contribution in [0.25, 0.3) is 10.9 Å². The summed E-state index contributed by atoms with van der Waals surface area (Å²) in [5.74, 6) is -0.127. The van der Waals surface area contributed by atoms with Crippen molar-refractivity contribution in [3.05, 3.63) is 64.2 Å². The number of hydrogen-bond acceptors (Lipinski definition) is 5. The predicted octanol–water partition coefficient (Wildman–Crippen LogP) is 4.97. The lowest BCUT2D eigenvalue weighted by Gasteiger charge is -2.16. The fourth-order valence-corrected chi connectivity index (χ4v) is 4.20. The molecule has 0 saturated heterocycles. The Bertz CT molecular complexity index is 1060. The van der Waals surface area contributed by atoms with Crippen molar-refractivity contribution in [2.45, 2.75) is 65.5 Å². The molecular formula is C26H36N4O2. The molecule has 0 spiro atoms. The third kappa shape index (κ3) is 6.33. The van der Waals surface area contributed by atoms with E-state index in [1.807, 2.05) is 42.8 Å². The van der Waals surface area contributed by atoms with Gasteiger partial charge in [-0.05, 0) is 45.4 Å². The highest BCUT2D eigenvalue weighted by Crippen LogP contribution is 2.21. The quantitative estimate of drug-likeness (QED) is 0.330. The Morgan fingerprint density at radius 2 is 1.72 bits per heavy atom. The summed E-state index contributed by atoms with van der Waals surface area (Å²) in [6.07, 6.45) is 9.02. The van der Waals surface area contributed by atoms with E-state index in [-0.39, 0.29) is 11.2 Å². The molecule has 3 rings (SSSR count). The minimum absolute atomic E-state index is 0.127. The Hall–Kier alpha value is -2.86. The van der Waals surface area contributed by atoms with Gasteiger partial charge in [0, 0.05) is 48.7 Å². The highest BCUT2D eigenvalue weighted by molar-refractivity contribution is 5.90. The van der Waals surface area contributed by atoms with Crippen LogP contribution < -0.4 is 16.1 Å². The number of para-hydroxylation sites is 1. The molecule has 0 atom stereocenters. The minimum Gasteiger partial charge on any atom is -0.503 e. The predicted molar refractivity (Wildman–Crippen MR) is 132 cm³/mol. The Morgan fingerprint density at radius 3 is 2.50 bits per heavy atom. The van der Waals surface area contributed by atoms with E-state index >= 15 is 0 Å². The van der Waals surface area contributed by atoms with Crippen molar-refractivity contribution in [3.63, 3.8) is 0 Å². The van der Waals surface area contributed by atoms with Gasteiger partial charge in [-0.1, -0.05) is 43.9 Å². The molecule has 0 aliphatic heterocycles. The third-order valence-electron chi connectivity index (χ3n) is 5.95. The summed E-state index contributed by atoms with van der Waals surface area (Å²) < 4.78 is 1.99. The zero-order chi connectivity index (χ0) is 22.8. The molecule has 2 aromatic heterocycles. The average molecular weight is 437 g/mol. The number of fused-ring (bicyclic) bond motifs is 1. The van der Waals surface area contributed by atoms with Gasteiger partial charge in [-0.3, -0.25) is 9.78 Å². The minimum atomic E-state index is -0.296. The summed E-state index contributed by atoms with van der Waals surface area (Å²) in [7, 11) is 0. The fourth-order valence-electron chi connectivity index (χ4n) is 4.20. The average Bonchev–Trinajstić information content (AvgIpc) is 2.80. The van der Waals surface area contributed by atoms with Crippen molar-refractivity contribution in [2.75, 3.05) is 18.4 Å². The zero-order valence-corrected chi connectivity index (χ0v) is 19.4. The van der Waals surface area contributed by atoms with Gasteiger partial charge in [-0.25, -0.2) is 0 Å². The molecule has 0 radical (unpaired) electrons. The van der Waals surface area contributed by atoms with E-state index in [2.05, 4.69) is 27.8 Å². The summed E-state index contributed by atoms with van der Waals surface area (Å²) in [6.45, 7) is 7.06. The first-order valence-corrected chi connectivity index (χ1v) is 11.8. The number of nitrogens with zero attached hydrogens (tertiary/aromatic N) is 2. The second kappa shape index (κ2) is 12.2. The van der Waals surface area contributed by atoms with Gasteiger partial charge in [-0.15, -0.1) is 0 Å². The molecule has 172 valence electrons. The summed E-state index contributed by atoms with van der Waals surface area (Å²) in [6, 6.07) is 11.8. The largest absolute Gasteiger partial charge is 0.503 e. The van der Waals surface area contributed by atoms with E-state index in [0.717, 1.165) is 49.4 Å². The van der Waals surface area contributed by atoms with Gasteiger partial charge in [0.1, 0.15) is 0 Å². The van der Waals surface area contributed by atoms with Gasteiger partial charge in [0.05, 0.1) is 11.2 Å². The van der Waals surface area contributed by atoms with Crippen molar-refractivity contribution in [1.82, 2.24) is 14.9 Å². The molecule has 1 aromatic carbocycles. The van der Waals surface area contributed by atoms with E-state index in [0.29, 0.717) is 12.2 Å². The highest BCUT2D eigenvalue weighted by atomic mass is 16.3. The fraction of sp³-hybridized carbons (Fsp3) is 0.462. The van der Waals surface area contributed by atoms with Crippen LogP contribution in [0, 0.1) is 6.92 Å². The van der Waals surface area contributed by atoms with E-state index < -0.39 is 0 Å². The molecule has 0 amide bonds. The number of aryl methyl sites for hydroxylation is 1. The maximum atomic E-state index is 11.9. The smallest absolute Gasteiger partial charge is 0.223 e. The molecule has 6 heteroatoms. The Kier molecular flexibility index (Phi) is 9.11. The van der Waals surface area contributed by atoms with Crippen molar-refractivity contribution in [1.29, 1.82) is 0 Å². The first kappa shape index (κ1) is 23.8. The van der Waals surface area contributed by atoms with Crippen LogP contribution in [0.15, 0.2) is 47.4 Å². The second-order valence-electron chi connectivity index (χ2n) is 8.29. The molecule has 3 aromatic rings. The Morgan fingerprint density at radius 1 is 1.00 bits per heavy atom. The van der Waals surface area contributed by atoms with Gasteiger partial charge >= 0.3 is 0 Å². The zero-order valence-electron chi connectivity index (χ0n) is 19.4. The lowest BCUT2D eigenvalue weighted by Crippen LogP contribution is -2.22. The van der Waals surface area contributed by atoms with E-state index in [9.17, 15) is 9.90 Å². The van der Waals surface area contributed by atoms with Crippen molar-refractivity contribution < 1.29 is 5.11 Å². The number of nitrogens with one attached hydrogen (secondary N) is 2. The standard InChI is InChI=1S/C26H36N4O2/c1-3-30-20(2)18-25(31)26(32)24(30)19-27-15-10-6-4-5-7-11-16-28-23-14-17-29-22-13-9-8-12-21(22)23/h8-9,12-14,17-18,27,32H,3-7,10-11,15-16,19H2,1-2H3,(H,28,29). The normalized spacial score (nSPS) is 11.2. The lowest BCUT2D eigenvalue weighted by molar-refractivity contribution is 0.440. The molecule has 6 nitrogen and oxygen atoms in total. The van der Waals surface area contributed by atoms with Crippen LogP contribution in [0.2, 0.25) is 0 Å². The van der Waals surface area contributed by atoms with Gasteiger partial charge in [0.25, 0.3) is 0 Å². The molecule has 2 heterocycles. The van der Waals surface area contributed by atoms with Crippen molar-refractivity contribution in [2.24, 2.45) is 0 Å². The summed E-state index contributed by atoms with van der Waals surface area (Å²) >= 11 is 0. The molecule has 32 heavy (non-hydrogen) atoms. The summed E-state index contributed by atoms with van der Waals surface area (Å²) in [5.41, 5.74) is 3.47. The number of pyridine rings is 2. The van der Waals surface area contributed by atoms with Crippen LogP contribution in [0.4, 0.5) is 5.69 Å². The first-order valence-electron chi connectivity index (χ1n) is 11.8. The van der Waals surface area contributed by atoms with Crippen LogP contribution in [0.5, 0.6) is 5.75 Å². The molecule has 3 N–H and O–H groups in total. The Balaban J connectivity index is 1.26. The van der Waals surface area contributed by atoms with Gasteiger partial charge in [-0.2, -0.15) is 0 Å². The van der Waals surface area contributed by atoms with E-state index in [1.54, 1.807) is 0 Å². The maximum absolute atomic E-state index is 11.9. The number of rotatable bonds is 13. The topological polar surface area (TPSA) is 79.2 Å². The number of unbranched alkanes of at least 4 members (excludes halogenated alkanes) is 5. The monoisotopic (exact) mass is 436 g/mol. The number of aromatic hydroxyl groups is 1. The third-order valence-corrected chi connectivity index (χ3v) is 5.95. The summed E-state index contributed by atoms with van der Waals surface area (Å²) in [4.78, 5) is 16.3. The molecule has 0 fully saturated rings. The van der Waals surface area contributed by atoms with E-state index in [1.165, 1.54) is 37.1 Å². The van der Waals surface area contributed by atoms with Crippen molar-refractivity contribution >= 4 is 16.6 Å². The highest BCUT2D eigenvalue weighted by Gasteiger charge is 2.11. The maximum Gasteiger partial charge on any atom is 0.223 e. The Labute approximate surface area is 190 Å². The summed E-state index contributed by atoms with van der Waals surface area (Å²) in [5, 5.41) is 18.2. The molecule has 0 aliphatic rings. The number of anilines is 1. The van der Waals surface area contributed by atoms with Gasteiger partial charge in [0.2, 0.25) is 5.43 Å². The van der Waals surface area contributed by atoms with Crippen molar-refractivity contribution in [3.8, 4) is 5.75 Å². The number of aromatic nitrogens is 2.